The number of hydrogen-bond acceptors (Lipinski definition) is 3. The van der Waals surface area contributed by atoms with E-state index in [0.29, 0.717) is 6.42 Å². The van der Waals surface area contributed by atoms with E-state index < -0.39 is 0 Å². The van der Waals surface area contributed by atoms with E-state index in [4.69, 9.17) is 5.73 Å². The number of carbonyl (C=O) groups excluding carboxylic acids is 1. The van der Waals surface area contributed by atoms with Gasteiger partial charge in [0.1, 0.15) is 0 Å². The zero-order valence-electron chi connectivity index (χ0n) is 8.16. The molecule has 1 aliphatic rings. The minimum absolute atomic E-state index is 0.211. The molecular weight excluding hydrogens is 184 g/mol. The molecule has 1 atom stereocenters. The fraction of sp³-hybridized carbons (Fsp3) is 0.889. The molecule has 0 aliphatic carbocycles. The minimum Gasteiger partial charge on any atom is -0.341 e. The summed E-state index contributed by atoms with van der Waals surface area (Å²) < 4.78 is 0. The first-order valence-electron chi connectivity index (χ1n) is 4.85. The average Bonchev–Trinajstić information content (AvgIpc) is 2.52. The number of hydrogen-bond donors (Lipinski definition) is 1. The Morgan fingerprint density at radius 1 is 1.69 bits per heavy atom. The first-order chi connectivity index (χ1) is 6.24. The van der Waals surface area contributed by atoms with Crippen molar-refractivity contribution in [2.24, 2.45) is 5.73 Å². The predicted octanol–water partition coefficient (Wildman–Crippen LogP) is 0.689. The number of thioether (sulfide) groups is 1. The molecule has 1 fully saturated rings. The lowest BCUT2D eigenvalue weighted by molar-refractivity contribution is -0.129. The Hall–Kier alpha value is -0.220. The van der Waals surface area contributed by atoms with Crippen LogP contribution in [0.25, 0.3) is 0 Å². The van der Waals surface area contributed by atoms with E-state index in [1.807, 2.05) is 16.7 Å². The summed E-state index contributed by atoms with van der Waals surface area (Å²) in [7, 11) is 0. The molecule has 1 rings (SSSR count). The molecule has 1 unspecified atom stereocenters. The third kappa shape index (κ3) is 3.56. The molecular formula is C9H18N2OS. The van der Waals surface area contributed by atoms with Crippen LogP contribution in [0.2, 0.25) is 0 Å². The Morgan fingerprint density at radius 2 is 2.46 bits per heavy atom. The fourth-order valence-corrected chi connectivity index (χ4v) is 2.08. The Morgan fingerprint density at radius 3 is 3.00 bits per heavy atom. The van der Waals surface area contributed by atoms with Gasteiger partial charge in [0.15, 0.2) is 0 Å². The van der Waals surface area contributed by atoms with Gasteiger partial charge in [-0.1, -0.05) is 6.92 Å². The third-order valence-electron chi connectivity index (χ3n) is 2.24. The van der Waals surface area contributed by atoms with Gasteiger partial charge in [-0.05, 0) is 12.2 Å². The molecule has 3 nitrogen and oxygen atoms in total. The maximum atomic E-state index is 11.5. The van der Waals surface area contributed by atoms with Crippen molar-refractivity contribution >= 4 is 17.7 Å². The van der Waals surface area contributed by atoms with Crippen molar-refractivity contribution in [2.45, 2.75) is 25.8 Å². The Balaban J connectivity index is 2.16. The second kappa shape index (κ2) is 5.50. The smallest absolute Gasteiger partial charge is 0.223 e. The van der Waals surface area contributed by atoms with Gasteiger partial charge in [0.2, 0.25) is 5.91 Å². The van der Waals surface area contributed by atoms with E-state index in [1.165, 1.54) is 0 Å². The normalized spacial score (nSPS) is 22.3. The molecule has 0 spiro atoms. The quantitative estimate of drug-likeness (QED) is 0.682. The lowest BCUT2D eigenvalue weighted by Crippen LogP contribution is -2.32. The predicted molar refractivity (Wildman–Crippen MR) is 56.8 cm³/mol. The number of amides is 1. The van der Waals surface area contributed by atoms with Crippen LogP contribution in [0.15, 0.2) is 0 Å². The lowest BCUT2D eigenvalue weighted by atomic mass is 10.3. The highest BCUT2D eigenvalue weighted by Crippen LogP contribution is 2.10. The lowest BCUT2D eigenvalue weighted by Gasteiger charge is -2.15. The monoisotopic (exact) mass is 202 g/mol. The fourth-order valence-electron chi connectivity index (χ4n) is 1.48. The van der Waals surface area contributed by atoms with Gasteiger partial charge in [-0.25, -0.2) is 0 Å². The molecule has 0 aromatic rings. The van der Waals surface area contributed by atoms with Gasteiger partial charge in [0.05, 0.1) is 0 Å². The maximum Gasteiger partial charge on any atom is 0.223 e. The molecule has 1 heterocycles. The Labute approximate surface area is 84.0 Å². The molecule has 0 saturated carbocycles. The molecule has 0 bridgehead atoms. The summed E-state index contributed by atoms with van der Waals surface area (Å²) in [6.45, 7) is 3.73. The third-order valence-corrected chi connectivity index (χ3v) is 3.14. The van der Waals surface area contributed by atoms with Gasteiger partial charge >= 0.3 is 0 Å². The van der Waals surface area contributed by atoms with E-state index in [1.54, 1.807) is 0 Å². The zero-order chi connectivity index (χ0) is 9.68. The largest absolute Gasteiger partial charge is 0.341 e. The molecule has 0 aromatic carbocycles. The second-order valence-electron chi connectivity index (χ2n) is 3.34. The molecule has 13 heavy (non-hydrogen) atoms. The molecule has 0 aromatic heterocycles. The summed E-state index contributed by atoms with van der Waals surface area (Å²) in [5, 5.41) is 0. The minimum atomic E-state index is 0.211. The van der Waals surface area contributed by atoms with Crippen molar-refractivity contribution in [3.05, 3.63) is 0 Å². The van der Waals surface area contributed by atoms with E-state index in [0.717, 1.165) is 31.0 Å². The standard InChI is InChI=1S/C9H18N2OS/c1-2-13-6-4-9(12)11-5-3-8(10)7-11/h8H,2-7,10H2,1H3. The van der Waals surface area contributed by atoms with Gasteiger partial charge in [0, 0.05) is 31.3 Å². The highest BCUT2D eigenvalue weighted by Gasteiger charge is 2.22. The van der Waals surface area contributed by atoms with Crippen LogP contribution < -0.4 is 5.73 Å². The summed E-state index contributed by atoms with van der Waals surface area (Å²) in [6.07, 6.45) is 1.64. The van der Waals surface area contributed by atoms with E-state index in [9.17, 15) is 4.79 Å². The van der Waals surface area contributed by atoms with Crippen molar-refractivity contribution in [3.8, 4) is 0 Å². The van der Waals surface area contributed by atoms with Gasteiger partial charge in [-0.3, -0.25) is 4.79 Å². The summed E-state index contributed by atoms with van der Waals surface area (Å²) in [6, 6.07) is 0.211. The highest BCUT2D eigenvalue weighted by molar-refractivity contribution is 7.99. The first-order valence-corrected chi connectivity index (χ1v) is 6.00. The molecule has 2 N–H and O–H groups in total. The summed E-state index contributed by atoms with van der Waals surface area (Å²) in [5.41, 5.74) is 5.72. The summed E-state index contributed by atoms with van der Waals surface area (Å²) in [4.78, 5) is 13.4. The van der Waals surface area contributed by atoms with E-state index >= 15 is 0 Å². The van der Waals surface area contributed by atoms with Crippen LogP contribution in [-0.2, 0) is 4.79 Å². The molecule has 76 valence electrons. The molecule has 1 aliphatic heterocycles. The van der Waals surface area contributed by atoms with Crippen molar-refractivity contribution in [2.75, 3.05) is 24.6 Å². The SMILES string of the molecule is CCSCCC(=O)N1CCC(N)C1. The number of nitrogens with zero attached hydrogens (tertiary/aromatic N) is 1. The van der Waals surface area contributed by atoms with Gasteiger partial charge < -0.3 is 10.6 Å². The topological polar surface area (TPSA) is 46.3 Å². The van der Waals surface area contributed by atoms with Gasteiger partial charge in [-0.15, -0.1) is 0 Å². The van der Waals surface area contributed by atoms with Crippen molar-refractivity contribution in [1.82, 2.24) is 4.90 Å². The number of nitrogens with two attached hydrogens (primary N) is 1. The molecule has 0 radical (unpaired) electrons. The first kappa shape index (κ1) is 10.9. The van der Waals surface area contributed by atoms with E-state index in [-0.39, 0.29) is 11.9 Å². The molecule has 1 saturated heterocycles. The Kier molecular flexibility index (Phi) is 4.59. The number of rotatable bonds is 4. The second-order valence-corrected chi connectivity index (χ2v) is 4.73. The van der Waals surface area contributed by atoms with Crippen LogP contribution in [0.4, 0.5) is 0 Å². The maximum absolute atomic E-state index is 11.5. The van der Waals surface area contributed by atoms with Crippen LogP contribution in [-0.4, -0.2) is 41.4 Å². The summed E-state index contributed by atoms with van der Waals surface area (Å²) >= 11 is 1.82. The Bertz CT molecular complexity index is 175. The van der Waals surface area contributed by atoms with Crippen molar-refractivity contribution in [1.29, 1.82) is 0 Å². The summed E-state index contributed by atoms with van der Waals surface area (Å²) in [5.74, 6) is 2.31. The molecule has 4 heteroatoms. The van der Waals surface area contributed by atoms with Gasteiger partial charge in [-0.2, -0.15) is 11.8 Å². The molecule has 1 amide bonds. The van der Waals surface area contributed by atoms with Crippen LogP contribution >= 0.6 is 11.8 Å². The highest BCUT2D eigenvalue weighted by atomic mass is 32.2. The van der Waals surface area contributed by atoms with Crippen molar-refractivity contribution < 1.29 is 4.79 Å². The number of likely N-dealkylation sites (tertiary alicyclic amines) is 1. The van der Waals surface area contributed by atoms with Crippen LogP contribution in [0.1, 0.15) is 19.8 Å². The van der Waals surface area contributed by atoms with E-state index in [2.05, 4.69) is 6.92 Å². The van der Waals surface area contributed by atoms with Crippen LogP contribution in [0.3, 0.4) is 0 Å². The average molecular weight is 202 g/mol. The van der Waals surface area contributed by atoms with Crippen LogP contribution in [0, 0.1) is 0 Å². The van der Waals surface area contributed by atoms with Gasteiger partial charge in [0.25, 0.3) is 0 Å². The number of carbonyl (C=O) groups is 1. The van der Waals surface area contributed by atoms with Crippen molar-refractivity contribution in [3.63, 3.8) is 0 Å². The zero-order valence-corrected chi connectivity index (χ0v) is 8.98. The van der Waals surface area contributed by atoms with Crippen LogP contribution in [0.5, 0.6) is 0 Å².